The van der Waals surface area contributed by atoms with Crippen LogP contribution in [-0.2, 0) is 28.5 Å². The van der Waals surface area contributed by atoms with Crippen molar-refractivity contribution in [3.63, 3.8) is 0 Å². The molecule has 0 unspecified atom stereocenters. The summed E-state index contributed by atoms with van der Waals surface area (Å²) in [5.74, 6) is -0.855. The molecule has 2 fully saturated rings. The number of imidazole rings is 1. The van der Waals surface area contributed by atoms with E-state index in [0.29, 0.717) is 11.2 Å². The fraction of sp³-hybridized carbons (Fsp3) is 0.533. The highest BCUT2D eigenvalue weighted by Gasteiger charge is 2.55. The van der Waals surface area contributed by atoms with Gasteiger partial charge >= 0.3 is 0 Å². The Hall–Kier alpha value is -1.63. The molecule has 4 heterocycles. The quantitative estimate of drug-likeness (QED) is 0.538. The van der Waals surface area contributed by atoms with Crippen LogP contribution in [0.15, 0.2) is 24.1 Å². The average Bonchev–Trinajstić information content (AvgIpc) is 3.25. The Morgan fingerprint density at radius 3 is 2.74 bits per heavy atom. The lowest BCUT2D eigenvalue weighted by Gasteiger charge is -2.23. The smallest absolute Gasteiger partial charge is 0.289 e. The second kappa shape index (κ2) is 6.47. The summed E-state index contributed by atoms with van der Waals surface area (Å²) in [5, 5.41) is 1.16. The van der Waals surface area contributed by atoms with Gasteiger partial charge in [0.1, 0.15) is 30.2 Å². The Kier molecular flexibility index (Phi) is 4.48. The highest BCUT2D eigenvalue weighted by molar-refractivity contribution is 7.89. The lowest BCUT2D eigenvalue weighted by atomic mass is 10.1. The Morgan fingerprint density at radius 2 is 2.00 bits per heavy atom. The Morgan fingerprint density at radius 1 is 1.26 bits per heavy atom. The van der Waals surface area contributed by atoms with Crippen LogP contribution in [0.25, 0.3) is 11.2 Å². The van der Waals surface area contributed by atoms with Gasteiger partial charge in [-0.1, -0.05) is 11.6 Å². The van der Waals surface area contributed by atoms with Crippen molar-refractivity contribution in [1.29, 1.82) is 0 Å². The van der Waals surface area contributed by atoms with Crippen molar-refractivity contribution in [1.82, 2.24) is 19.5 Å². The fourth-order valence-corrected chi connectivity index (χ4v) is 3.86. The first-order valence-corrected chi connectivity index (χ1v) is 9.89. The maximum atomic E-state index is 11.6. The summed E-state index contributed by atoms with van der Waals surface area (Å²) in [6.07, 6.45) is 1.87. The van der Waals surface area contributed by atoms with Crippen molar-refractivity contribution in [3.8, 4) is 0 Å². The van der Waals surface area contributed by atoms with Crippen molar-refractivity contribution in [2.75, 3.05) is 7.11 Å². The molecule has 146 valence electrons. The predicted octanol–water partition coefficient (Wildman–Crippen LogP) is 1.39. The Balaban J connectivity index is 1.72. The molecular formula is C15H17ClN4O6S. The van der Waals surface area contributed by atoms with E-state index < -0.39 is 40.4 Å². The molecule has 0 saturated carbocycles. The van der Waals surface area contributed by atoms with Gasteiger partial charge < -0.3 is 14.2 Å². The maximum Gasteiger partial charge on any atom is 0.289 e. The molecule has 12 heteroatoms. The summed E-state index contributed by atoms with van der Waals surface area (Å²) in [4.78, 5) is 12.4. The average molecular weight is 417 g/mol. The van der Waals surface area contributed by atoms with Crippen LogP contribution in [-0.4, -0.2) is 59.1 Å². The molecule has 0 radical (unpaired) electrons. The molecule has 10 nitrogen and oxygen atoms in total. The number of fused-ring (bicyclic) bond motifs is 2. The summed E-state index contributed by atoms with van der Waals surface area (Å²) in [5.41, 5.74) is 0.902. The summed E-state index contributed by atoms with van der Waals surface area (Å²) in [7, 11) is -2.71. The maximum absolute atomic E-state index is 11.6. The molecule has 0 spiro atoms. The van der Waals surface area contributed by atoms with Crippen LogP contribution in [0.3, 0.4) is 0 Å². The molecule has 0 aromatic carbocycles. The standard InChI is InChI=1S/C15H17ClN4O6S/c1-15(2)25-10-8(4-5-27(21,22)23-3)24-14(11(10)26-15)20-7-19-9-12(16)17-6-18-13(9)20/h4-8,10-11,14H,1-3H3/t8-,10-,11-,14-/m1/s1. The van der Waals surface area contributed by atoms with Gasteiger partial charge in [0.05, 0.1) is 18.8 Å². The molecule has 2 aliphatic heterocycles. The molecule has 2 aromatic rings. The highest BCUT2D eigenvalue weighted by Crippen LogP contribution is 2.44. The number of hydrogen-bond donors (Lipinski definition) is 0. The van der Waals surface area contributed by atoms with E-state index in [1.54, 1.807) is 18.4 Å². The van der Waals surface area contributed by atoms with E-state index in [1.165, 1.54) is 18.7 Å². The van der Waals surface area contributed by atoms with Crippen LogP contribution in [0.2, 0.25) is 5.15 Å². The third kappa shape index (κ3) is 3.35. The van der Waals surface area contributed by atoms with E-state index in [0.717, 1.165) is 12.5 Å². The zero-order valence-corrected chi connectivity index (χ0v) is 16.2. The van der Waals surface area contributed by atoms with Gasteiger partial charge in [-0.25, -0.2) is 15.0 Å². The summed E-state index contributed by atoms with van der Waals surface area (Å²) >= 11 is 6.06. The van der Waals surface area contributed by atoms with Gasteiger partial charge in [-0.05, 0) is 19.9 Å². The second-order valence-electron chi connectivity index (χ2n) is 6.53. The van der Waals surface area contributed by atoms with E-state index in [4.69, 9.17) is 25.8 Å². The first-order valence-electron chi connectivity index (χ1n) is 8.04. The lowest BCUT2D eigenvalue weighted by Crippen LogP contribution is -2.28. The van der Waals surface area contributed by atoms with Crippen molar-refractivity contribution in [2.24, 2.45) is 0 Å². The second-order valence-corrected chi connectivity index (χ2v) is 8.48. The highest BCUT2D eigenvalue weighted by atomic mass is 35.5. The van der Waals surface area contributed by atoms with E-state index >= 15 is 0 Å². The van der Waals surface area contributed by atoms with E-state index in [-0.39, 0.29) is 5.15 Å². The normalized spacial score (nSPS) is 30.4. The first kappa shape index (κ1) is 18.7. The van der Waals surface area contributed by atoms with Gasteiger partial charge in [0.15, 0.2) is 22.8 Å². The van der Waals surface area contributed by atoms with Crippen LogP contribution in [0.1, 0.15) is 20.1 Å². The van der Waals surface area contributed by atoms with Gasteiger partial charge in [0.25, 0.3) is 10.1 Å². The molecule has 0 amide bonds. The number of halogens is 1. The van der Waals surface area contributed by atoms with Crippen LogP contribution in [0.4, 0.5) is 0 Å². The predicted molar refractivity (Wildman–Crippen MR) is 93.1 cm³/mol. The Labute approximate surface area is 160 Å². The van der Waals surface area contributed by atoms with Crippen LogP contribution >= 0.6 is 11.6 Å². The van der Waals surface area contributed by atoms with Gasteiger partial charge in [-0.2, -0.15) is 8.42 Å². The molecule has 0 aliphatic carbocycles. The minimum Gasteiger partial charge on any atom is -0.345 e. The van der Waals surface area contributed by atoms with Gasteiger partial charge in [0.2, 0.25) is 0 Å². The minimum atomic E-state index is -3.79. The third-order valence-electron chi connectivity index (χ3n) is 4.32. The zero-order valence-electron chi connectivity index (χ0n) is 14.6. The van der Waals surface area contributed by atoms with Crippen molar-refractivity contribution < 1.29 is 26.8 Å². The monoisotopic (exact) mass is 416 g/mol. The van der Waals surface area contributed by atoms with Crippen LogP contribution in [0.5, 0.6) is 0 Å². The molecule has 2 saturated heterocycles. The minimum absolute atomic E-state index is 0.222. The first-order chi connectivity index (χ1) is 12.7. The summed E-state index contributed by atoms with van der Waals surface area (Å²) in [6.45, 7) is 3.56. The van der Waals surface area contributed by atoms with Gasteiger partial charge in [0, 0.05) is 0 Å². The van der Waals surface area contributed by atoms with E-state index in [1.807, 2.05) is 0 Å². The molecule has 4 atom stereocenters. The molecule has 2 aromatic heterocycles. The zero-order chi connectivity index (χ0) is 19.4. The van der Waals surface area contributed by atoms with Gasteiger partial charge in [-0.15, -0.1) is 0 Å². The molecule has 0 bridgehead atoms. The van der Waals surface area contributed by atoms with Crippen LogP contribution in [0, 0.1) is 0 Å². The Bertz CT molecular complexity index is 1010. The number of hydrogen-bond acceptors (Lipinski definition) is 9. The van der Waals surface area contributed by atoms with Gasteiger partial charge in [-0.3, -0.25) is 8.75 Å². The van der Waals surface area contributed by atoms with Crippen molar-refractivity contribution in [2.45, 2.75) is 44.2 Å². The number of rotatable bonds is 4. The molecule has 4 rings (SSSR count). The summed E-state index contributed by atoms with van der Waals surface area (Å²) < 4.78 is 47.3. The largest absolute Gasteiger partial charge is 0.345 e. The SMILES string of the molecule is COS(=O)(=O)C=C[C@H]1O[C@@H](n2cnc3c(Cl)ncnc32)[C@@H]2OC(C)(C)O[C@@H]21. The third-order valence-corrected chi connectivity index (χ3v) is 5.55. The molecular weight excluding hydrogens is 400 g/mol. The lowest BCUT2D eigenvalue weighted by molar-refractivity contribution is -0.191. The van der Waals surface area contributed by atoms with E-state index in [2.05, 4.69) is 19.1 Å². The molecule has 27 heavy (non-hydrogen) atoms. The topological polar surface area (TPSA) is 115 Å². The van der Waals surface area contributed by atoms with Crippen molar-refractivity contribution in [3.05, 3.63) is 29.3 Å². The number of aromatic nitrogens is 4. The number of ether oxygens (including phenoxy) is 3. The van der Waals surface area contributed by atoms with Crippen LogP contribution < -0.4 is 0 Å². The molecule has 2 aliphatic rings. The fourth-order valence-electron chi connectivity index (χ4n) is 3.23. The molecule has 0 N–H and O–H groups in total. The number of nitrogens with zero attached hydrogens (tertiary/aromatic N) is 4. The van der Waals surface area contributed by atoms with E-state index in [9.17, 15) is 8.42 Å². The van der Waals surface area contributed by atoms with Crippen molar-refractivity contribution >= 4 is 32.9 Å². The summed E-state index contributed by atoms with van der Waals surface area (Å²) in [6, 6.07) is 0.